The summed E-state index contributed by atoms with van der Waals surface area (Å²) in [5.41, 5.74) is 2.25. The Bertz CT molecular complexity index is 2340. The van der Waals surface area contributed by atoms with Gasteiger partial charge in [-0.1, -0.05) is 42.5 Å². The van der Waals surface area contributed by atoms with Crippen molar-refractivity contribution in [2.45, 2.75) is 38.7 Å². The van der Waals surface area contributed by atoms with Crippen molar-refractivity contribution < 1.29 is 28.9 Å². The third-order valence-corrected chi connectivity index (χ3v) is 10.8. The molecule has 2 atom stereocenters. The summed E-state index contributed by atoms with van der Waals surface area (Å²) in [6, 6.07) is 31.6. The third kappa shape index (κ3) is 4.46. The van der Waals surface area contributed by atoms with Crippen LogP contribution in [-0.2, 0) is 15.8 Å². The van der Waals surface area contributed by atoms with Gasteiger partial charge < -0.3 is 29.1 Å². The van der Waals surface area contributed by atoms with Crippen LogP contribution in [0.2, 0.25) is 0 Å². The molecular weight excluding hydrogens is 654 g/mol. The molecule has 8 rings (SSSR count). The number of benzene rings is 5. The van der Waals surface area contributed by atoms with Crippen molar-refractivity contribution in [2.24, 2.45) is 0 Å². The number of ether oxygens (including phenoxy) is 3. The molecule has 3 aliphatic heterocycles. The summed E-state index contributed by atoms with van der Waals surface area (Å²) in [4.78, 5) is 30.9. The van der Waals surface area contributed by atoms with E-state index in [1.807, 2.05) is 54.6 Å². The van der Waals surface area contributed by atoms with Crippen LogP contribution in [0.3, 0.4) is 0 Å². The first-order chi connectivity index (χ1) is 25.2. The lowest BCUT2D eigenvalue weighted by Gasteiger charge is -2.41. The highest BCUT2D eigenvalue weighted by Gasteiger charge is 2.56. The van der Waals surface area contributed by atoms with Crippen LogP contribution < -0.4 is 19.3 Å². The van der Waals surface area contributed by atoms with Gasteiger partial charge in [-0.05, 0) is 69.7 Å². The number of hydrogen-bond donors (Lipinski definition) is 1. The molecule has 0 amide bonds. The SMILES string of the molecule is CCN(CC)c1ccc2c(c1)Oc1cc3c(cc1[C@]2(C#N)c1ccccc1C(=O)O)[C@@]1(OC(=O)c2ccccc21)c1ccc(N(CC)CC)cc1O3. The van der Waals surface area contributed by atoms with Crippen molar-refractivity contribution in [1.29, 1.82) is 5.26 Å². The first-order valence-corrected chi connectivity index (χ1v) is 17.7. The van der Waals surface area contributed by atoms with E-state index in [1.165, 1.54) is 6.07 Å². The molecule has 0 fully saturated rings. The summed E-state index contributed by atoms with van der Waals surface area (Å²) in [6.45, 7) is 11.4. The van der Waals surface area contributed by atoms with Crippen LogP contribution in [0.4, 0.5) is 11.4 Å². The van der Waals surface area contributed by atoms with Crippen molar-refractivity contribution >= 4 is 23.3 Å². The van der Waals surface area contributed by atoms with Crippen LogP contribution >= 0.6 is 0 Å². The lowest BCUT2D eigenvalue weighted by molar-refractivity contribution is 0.0223. The van der Waals surface area contributed by atoms with E-state index in [0.717, 1.165) is 37.6 Å². The summed E-state index contributed by atoms with van der Waals surface area (Å²) in [6.07, 6.45) is 0. The molecule has 0 bridgehead atoms. The van der Waals surface area contributed by atoms with Crippen LogP contribution in [0, 0.1) is 11.3 Å². The molecule has 5 aromatic carbocycles. The molecule has 0 saturated heterocycles. The van der Waals surface area contributed by atoms with Crippen molar-refractivity contribution in [1.82, 2.24) is 0 Å². The zero-order chi connectivity index (χ0) is 36.4. The normalized spacial score (nSPS) is 18.7. The van der Waals surface area contributed by atoms with Crippen molar-refractivity contribution in [3.05, 3.63) is 142 Å². The Morgan fingerprint density at radius 2 is 1.19 bits per heavy atom. The second kappa shape index (κ2) is 12.2. The molecule has 0 unspecified atom stereocenters. The Balaban J connectivity index is 1.45. The van der Waals surface area contributed by atoms with Crippen molar-refractivity contribution in [2.75, 3.05) is 36.0 Å². The second-order valence-corrected chi connectivity index (χ2v) is 13.1. The Labute approximate surface area is 302 Å². The maximum atomic E-state index is 13.7. The van der Waals surface area contributed by atoms with E-state index in [4.69, 9.17) is 14.2 Å². The molecule has 52 heavy (non-hydrogen) atoms. The summed E-state index contributed by atoms with van der Waals surface area (Å²) in [5, 5.41) is 21.9. The predicted molar refractivity (Wildman–Crippen MR) is 197 cm³/mol. The van der Waals surface area contributed by atoms with Crippen LogP contribution in [0.15, 0.2) is 97.1 Å². The standard InChI is InChI=1S/C43H37N3O6/c1-5-45(6-2)26-17-19-32-36(21-26)50-38-24-39-35(23-34(38)42(32,25-44)30-15-11-9-13-28(30)40(47)48)43(31-16-12-10-14-29(31)41(49)52-43)33-20-18-27(22-37(33)51-39)46(7-3)8-4/h9-24H,5-8H2,1-4H3,(H,47,48)/t42-,43+/m1/s1. The average molecular weight is 692 g/mol. The van der Waals surface area contributed by atoms with E-state index in [1.54, 1.807) is 36.4 Å². The number of nitrogens with zero attached hydrogens (tertiary/aromatic N) is 3. The minimum Gasteiger partial charge on any atom is -0.478 e. The number of carbonyl (C=O) groups excluding carboxylic acids is 1. The molecule has 9 nitrogen and oxygen atoms in total. The van der Waals surface area contributed by atoms with Crippen LogP contribution in [-0.4, -0.2) is 43.2 Å². The molecule has 0 radical (unpaired) electrons. The van der Waals surface area contributed by atoms with Gasteiger partial charge in [0.05, 0.1) is 17.2 Å². The summed E-state index contributed by atoms with van der Waals surface area (Å²) in [7, 11) is 0. The van der Waals surface area contributed by atoms with Crippen LogP contribution in [0.5, 0.6) is 23.0 Å². The number of carbonyl (C=O) groups is 2. The number of carboxylic acid groups (broad SMARTS) is 1. The highest BCUT2D eigenvalue weighted by molar-refractivity contribution is 5.97. The lowest BCUT2D eigenvalue weighted by Crippen LogP contribution is -2.36. The molecule has 1 spiro atoms. The zero-order valence-electron chi connectivity index (χ0n) is 29.4. The average Bonchev–Trinajstić information content (AvgIpc) is 3.46. The van der Waals surface area contributed by atoms with E-state index in [9.17, 15) is 20.0 Å². The van der Waals surface area contributed by atoms with Crippen LogP contribution in [0.1, 0.15) is 81.8 Å². The quantitative estimate of drug-likeness (QED) is 0.160. The number of anilines is 2. The Morgan fingerprint density at radius 3 is 1.81 bits per heavy atom. The summed E-state index contributed by atoms with van der Waals surface area (Å²) >= 11 is 0. The van der Waals surface area contributed by atoms with Gasteiger partial charge >= 0.3 is 11.9 Å². The molecular formula is C43H37N3O6. The number of esters is 1. The van der Waals surface area contributed by atoms with Gasteiger partial charge in [0.2, 0.25) is 0 Å². The van der Waals surface area contributed by atoms with Gasteiger partial charge in [-0.2, -0.15) is 5.26 Å². The number of carboxylic acids is 1. The monoisotopic (exact) mass is 691 g/mol. The molecule has 5 aromatic rings. The van der Waals surface area contributed by atoms with Gasteiger partial charge in [0.25, 0.3) is 0 Å². The van der Waals surface area contributed by atoms with Gasteiger partial charge in [-0.25, -0.2) is 9.59 Å². The van der Waals surface area contributed by atoms with Gasteiger partial charge in [0, 0.05) is 83.6 Å². The molecule has 0 aliphatic carbocycles. The topological polar surface area (TPSA) is 112 Å². The fourth-order valence-electron chi connectivity index (χ4n) is 8.27. The first kappa shape index (κ1) is 32.9. The number of aromatic carboxylic acids is 1. The molecule has 9 heteroatoms. The van der Waals surface area contributed by atoms with Gasteiger partial charge in [-0.3, -0.25) is 0 Å². The zero-order valence-corrected chi connectivity index (χ0v) is 29.4. The third-order valence-electron chi connectivity index (χ3n) is 10.8. The number of hydrogen-bond acceptors (Lipinski definition) is 8. The molecule has 0 saturated carbocycles. The lowest BCUT2D eigenvalue weighted by atomic mass is 9.66. The Kier molecular flexibility index (Phi) is 7.72. The molecule has 0 aromatic heterocycles. The van der Waals surface area contributed by atoms with E-state index in [-0.39, 0.29) is 5.56 Å². The fourth-order valence-corrected chi connectivity index (χ4v) is 8.27. The van der Waals surface area contributed by atoms with E-state index < -0.39 is 23.0 Å². The molecule has 1 N–H and O–H groups in total. The van der Waals surface area contributed by atoms with Crippen molar-refractivity contribution in [3.63, 3.8) is 0 Å². The number of rotatable bonds is 8. The minimum absolute atomic E-state index is 0.00808. The molecule has 3 aliphatic rings. The highest BCUT2D eigenvalue weighted by atomic mass is 16.6. The smallest absolute Gasteiger partial charge is 0.340 e. The van der Waals surface area contributed by atoms with Gasteiger partial charge in [0.1, 0.15) is 28.4 Å². The summed E-state index contributed by atoms with van der Waals surface area (Å²) < 4.78 is 19.9. The van der Waals surface area contributed by atoms with Crippen LogP contribution in [0.25, 0.3) is 0 Å². The predicted octanol–water partition coefficient (Wildman–Crippen LogP) is 8.61. The van der Waals surface area contributed by atoms with E-state index >= 15 is 0 Å². The Morgan fingerprint density at radius 1 is 0.654 bits per heavy atom. The molecule has 3 heterocycles. The van der Waals surface area contributed by atoms with E-state index in [0.29, 0.717) is 61.9 Å². The fraction of sp³-hybridized carbons (Fsp3) is 0.233. The Hall–Kier alpha value is -6.27. The van der Waals surface area contributed by atoms with Crippen molar-refractivity contribution in [3.8, 4) is 29.1 Å². The second-order valence-electron chi connectivity index (χ2n) is 13.1. The molecule has 260 valence electrons. The maximum Gasteiger partial charge on any atom is 0.340 e. The van der Waals surface area contributed by atoms with Gasteiger partial charge in [0.15, 0.2) is 5.60 Å². The largest absolute Gasteiger partial charge is 0.478 e. The highest BCUT2D eigenvalue weighted by Crippen LogP contribution is 2.61. The maximum absolute atomic E-state index is 13.7. The van der Waals surface area contributed by atoms with Gasteiger partial charge in [-0.15, -0.1) is 0 Å². The summed E-state index contributed by atoms with van der Waals surface area (Å²) in [5.74, 6) is 0.0623. The first-order valence-electron chi connectivity index (χ1n) is 17.7. The minimum atomic E-state index is -1.63. The number of fused-ring (bicyclic) bond motifs is 8. The number of nitriles is 1. The van der Waals surface area contributed by atoms with E-state index in [2.05, 4.69) is 43.6 Å².